The highest BCUT2D eigenvalue weighted by Crippen LogP contribution is 2.64. The van der Waals surface area contributed by atoms with Gasteiger partial charge in [-0.15, -0.1) is 0 Å². The lowest BCUT2D eigenvalue weighted by Gasteiger charge is -2.61. The van der Waals surface area contributed by atoms with Crippen LogP contribution in [0.2, 0.25) is 0 Å². The Balaban J connectivity index is 1.38. The van der Waals surface area contributed by atoms with Gasteiger partial charge in [0.05, 0.1) is 24.0 Å². The molecule has 4 aliphatic rings. The molecule has 0 amide bonds. The molecule has 1 aromatic rings. The fourth-order valence-corrected chi connectivity index (χ4v) is 7.01. The quantitative estimate of drug-likeness (QED) is 0.328. The average molecular weight is 602 g/mol. The van der Waals surface area contributed by atoms with E-state index in [0.717, 1.165) is 18.1 Å². The van der Waals surface area contributed by atoms with Crippen LogP contribution >= 0.6 is 0 Å². The predicted molar refractivity (Wildman–Crippen MR) is 149 cm³/mol. The van der Waals surface area contributed by atoms with Crippen molar-refractivity contribution in [2.75, 3.05) is 13.6 Å². The summed E-state index contributed by atoms with van der Waals surface area (Å²) in [6, 6.07) is 3.57. The fourth-order valence-electron chi connectivity index (χ4n) is 7.01. The van der Waals surface area contributed by atoms with Gasteiger partial charge in [0, 0.05) is 30.5 Å². The number of esters is 4. The number of carbonyl (C=O) groups is 4. The second kappa shape index (κ2) is 10.9. The smallest absolute Gasteiger partial charge is 0.348 e. The summed E-state index contributed by atoms with van der Waals surface area (Å²) in [4.78, 5) is 52.3. The molecular formula is C31H39NO11. The molecule has 1 fully saturated rings. The number of carbonyl (C=O) groups excluding carboxylic acids is 4. The van der Waals surface area contributed by atoms with E-state index >= 15 is 0 Å². The maximum Gasteiger partial charge on any atom is 0.348 e. The minimum atomic E-state index is -1.68. The summed E-state index contributed by atoms with van der Waals surface area (Å²) in [5, 5.41) is 22.3. The Labute approximate surface area is 249 Å². The van der Waals surface area contributed by atoms with Crippen molar-refractivity contribution in [1.29, 1.82) is 0 Å². The summed E-state index contributed by atoms with van der Waals surface area (Å²) in [5.41, 5.74) is -0.516. The monoisotopic (exact) mass is 601 g/mol. The highest BCUT2D eigenvalue weighted by atomic mass is 16.6. The first-order valence-corrected chi connectivity index (χ1v) is 14.5. The number of likely N-dealkylation sites (N-methyl/N-ethyl adjacent to an activating group) is 1. The average Bonchev–Trinajstić information content (AvgIpc) is 3.26. The van der Waals surface area contributed by atoms with Crippen molar-refractivity contribution >= 4 is 23.9 Å². The van der Waals surface area contributed by atoms with Gasteiger partial charge in [-0.2, -0.15) is 0 Å². The van der Waals surface area contributed by atoms with Crippen LogP contribution < -0.4 is 4.74 Å². The molecule has 12 heteroatoms. The van der Waals surface area contributed by atoms with Gasteiger partial charge in [0.2, 0.25) is 6.10 Å². The minimum Gasteiger partial charge on any atom is -0.481 e. The number of rotatable bonds is 8. The Morgan fingerprint density at radius 3 is 2.53 bits per heavy atom. The van der Waals surface area contributed by atoms with Gasteiger partial charge in [-0.25, -0.2) is 9.59 Å². The number of hydrogen-bond acceptors (Lipinski definition) is 12. The van der Waals surface area contributed by atoms with Crippen LogP contribution in [-0.2, 0) is 56.6 Å². The molecule has 2 aliphatic carbocycles. The largest absolute Gasteiger partial charge is 0.481 e. The lowest BCUT2D eigenvalue weighted by Crippen LogP contribution is -2.74. The van der Waals surface area contributed by atoms with E-state index in [9.17, 15) is 29.4 Å². The minimum absolute atomic E-state index is 0.169. The molecule has 0 saturated carbocycles. The zero-order valence-electron chi connectivity index (χ0n) is 25.3. The second-order valence-electron chi connectivity index (χ2n) is 12.8. The van der Waals surface area contributed by atoms with E-state index in [1.807, 2.05) is 19.2 Å². The summed E-state index contributed by atoms with van der Waals surface area (Å²) < 4.78 is 27.7. The number of hydrogen-bond donors (Lipinski definition) is 2. The van der Waals surface area contributed by atoms with Crippen LogP contribution in [0.1, 0.15) is 70.6 Å². The normalized spacial score (nSPS) is 28.4. The fraction of sp³-hybridized carbons (Fsp3) is 0.613. The second-order valence-corrected chi connectivity index (χ2v) is 12.8. The zero-order valence-corrected chi connectivity index (χ0v) is 25.3. The molecular weight excluding hydrogens is 562 g/mol. The van der Waals surface area contributed by atoms with E-state index < -0.39 is 65.2 Å². The summed E-state index contributed by atoms with van der Waals surface area (Å²) in [6.45, 7) is 7.78. The van der Waals surface area contributed by atoms with Gasteiger partial charge >= 0.3 is 23.9 Å². The van der Waals surface area contributed by atoms with Crippen molar-refractivity contribution in [3.05, 3.63) is 40.7 Å². The first-order valence-electron chi connectivity index (χ1n) is 14.5. The Morgan fingerprint density at radius 1 is 1.16 bits per heavy atom. The zero-order chi connectivity index (χ0) is 31.5. The number of ether oxygens (including phenoxy) is 5. The number of aliphatic hydroxyl groups excluding tert-OH is 1. The Morgan fingerprint density at radius 2 is 1.88 bits per heavy atom. The van der Waals surface area contributed by atoms with Gasteiger partial charge in [0.1, 0.15) is 17.1 Å². The first kappa shape index (κ1) is 31.0. The van der Waals surface area contributed by atoms with Gasteiger partial charge in [-0.3, -0.25) is 9.59 Å². The summed E-state index contributed by atoms with van der Waals surface area (Å²) in [5.74, 6) is -2.98. The van der Waals surface area contributed by atoms with Gasteiger partial charge in [0.15, 0.2) is 12.2 Å². The van der Waals surface area contributed by atoms with E-state index in [-0.39, 0.29) is 24.8 Å². The molecule has 12 nitrogen and oxygen atoms in total. The maximum absolute atomic E-state index is 13.2. The van der Waals surface area contributed by atoms with Crippen molar-refractivity contribution in [2.45, 2.75) is 108 Å². The van der Waals surface area contributed by atoms with Crippen molar-refractivity contribution in [3.8, 4) is 5.75 Å². The topological polar surface area (TPSA) is 158 Å². The van der Waals surface area contributed by atoms with Crippen LogP contribution in [0.4, 0.5) is 0 Å². The van der Waals surface area contributed by atoms with Crippen LogP contribution in [0.5, 0.6) is 5.75 Å². The molecule has 2 aliphatic heterocycles. The van der Waals surface area contributed by atoms with Gasteiger partial charge in [-0.05, 0) is 65.8 Å². The van der Waals surface area contributed by atoms with Gasteiger partial charge in [0.25, 0.3) is 0 Å². The molecule has 0 aromatic heterocycles. The predicted octanol–water partition coefficient (Wildman–Crippen LogP) is 1.60. The molecule has 1 spiro atoms. The summed E-state index contributed by atoms with van der Waals surface area (Å²) >= 11 is 0. The van der Waals surface area contributed by atoms with Crippen LogP contribution in [0.15, 0.2) is 24.0 Å². The van der Waals surface area contributed by atoms with E-state index in [1.165, 1.54) is 6.92 Å². The lowest BCUT2D eigenvalue weighted by atomic mass is 9.50. The standard InChI is InChI=1S/C31H39NO11/c1-16(27(36)43-29(3,4)5)39-28(37)21(40-17(2)34)14-23(35)41-20-9-10-31(38)22-13-18-7-8-19(15-33)25-24(18)30(31,26(20)42-25)11-12-32(22)6/h7-9,16,21-22,26,33,38H,10-15H2,1-6H3/t16-,21-,22+,26-,30-,31+/m0/s1. The van der Waals surface area contributed by atoms with Gasteiger partial charge < -0.3 is 38.8 Å². The molecule has 0 radical (unpaired) electrons. The molecule has 2 bridgehead atoms. The molecule has 6 atom stereocenters. The Hall–Kier alpha value is -3.48. The van der Waals surface area contributed by atoms with Crippen molar-refractivity contribution in [3.63, 3.8) is 0 Å². The van der Waals surface area contributed by atoms with Crippen LogP contribution in [0.25, 0.3) is 0 Å². The van der Waals surface area contributed by atoms with Crippen molar-refractivity contribution in [1.82, 2.24) is 4.90 Å². The third-order valence-electron chi connectivity index (χ3n) is 8.81. The number of likely N-dealkylation sites (tertiary alicyclic amines) is 1. The summed E-state index contributed by atoms with van der Waals surface area (Å²) in [7, 11) is 1.98. The Kier molecular flexibility index (Phi) is 7.85. The SMILES string of the molecule is CC(=O)O[C@@H](CC(=O)OC1=CC[C@@]2(O)[C@H]3Cc4ccc(CO)c5c4[C@@]2(CCN3C)[C@H]1O5)C(=O)O[C@@H](C)C(=O)OC(C)(C)C. The van der Waals surface area contributed by atoms with Crippen LogP contribution in [0.3, 0.4) is 0 Å². The Bertz CT molecular complexity index is 1380. The van der Waals surface area contributed by atoms with E-state index in [0.29, 0.717) is 30.7 Å². The number of nitrogens with zero attached hydrogens (tertiary/aromatic N) is 1. The van der Waals surface area contributed by atoms with Crippen molar-refractivity contribution in [2.24, 2.45) is 0 Å². The van der Waals surface area contributed by atoms with Crippen molar-refractivity contribution < 1.29 is 53.1 Å². The highest BCUT2D eigenvalue weighted by Gasteiger charge is 2.71. The highest BCUT2D eigenvalue weighted by molar-refractivity contribution is 5.86. The summed E-state index contributed by atoms with van der Waals surface area (Å²) in [6.07, 6.45) is -1.59. The van der Waals surface area contributed by atoms with Gasteiger partial charge in [-0.1, -0.05) is 12.1 Å². The first-order chi connectivity index (χ1) is 20.1. The number of piperidine rings is 1. The number of benzene rings is 1. The van der Waals surface area contributed by atoms with E-state index in [4.69, 9.17) is 23.7 Å². The molecule has 234 valence electrons. The maximum atomic E-state index is 13.2. The molecule has 1 saturated heterocycles. The number of aliphatic hydroxyl groups is 2. The molecule has 5 rings (SSSR count). The van der Waals surface area contributed by atoms with E-state index in [1.54, 1.807) is 26.8 Å². The third-order valence-corrected chi connectivity index (χ3v) is 8.81. The molecule has 43 heavy (non-hydrogen) atoms. The molecule has 1 aromatic carbocycles. The third kappa shape index (κ3) is 5.19. The van der Waals surface area contributed by atoms with Crippen LogP contribution in [0, 0.1) is 0 Å². The molecule has 0 unspecified atom stereocenters. The van der Waals surface area contributed by atoms with Crippen LogP contribution in [-0.4, -0.2) is 88.1 Å². The molecule has 2 N–H and O–H groups in total. The molecule has 2 heterocycles. The lowest BCUT2D eigenvalue weighted by molar-refractivity contribution is -0.183. The van der Waals surface area contributed by atoms with E-state index in [2.05, 4.69) is 4.90 Å².